The first-order valence-electron chi connectivity index (χ1n) is 6.69. The monoisotopic (exact) mass is 264 g/mol. The molecule has 0 saturated heterocycles. The number of Topliss-reactive ketones (excluding diaryl/α,β-unsaturated/α-hetero) is 1. The number of ether oxygens (including phenoxy) is 3. The molecule has 0 spiro atoms. The minimum Gasteiger partial charge on any atom is -0.486 e. The molecule has 2 rings (SSSR count). The second-order valence-corrected chi connectivity index (χ2v) is 4.84. The van der Waals surface area contributed by atoms with Gasteiger partial charge in [0.15, 0.2) is 17.3 Å². The van der Waals surface area contributed by atoms with Gasteiger partial charge in [-0.05, 0) is 31.0 Å². The Balaban J connectivity index is 2.22. The van der Waals surface area contributed by atoms with Crippen molar-refractivity contribution in [1.29, 1.82) is 0 Å². The van der Waals surface area contributed by atoms with E-state index in [9.17, 15) is 4.79 Å². The summed E-state index contributed by atoms with van der Waals surface area (Å²) in [5.74, 6) is 1.46. The van der Waals surface area contributed by atoms with Crippen LogP contribution in [0.25, 0.3) is 0 Å². The van der Waals surface area contributed by atoms with Gasteiger partial charge in [0.25, 0.3) is 0 Å². The van der Waals surface area contributed by atoms with Crippen molar-refractivity contribution >= 4 is 5.78 Å². The molecule has 1 aromatic carbocycles. The van der Waals surface area contributed by atoms with Crippen LogP contribution < -0.4 is 9.47 Å². The molecule has 4 heteroatoms. The fraction of sp³-hybridized carbons (Fsp3) is 0.533. The highest BCUT2D eigenvalue weighted by atomic mass is 16.6. The average molecular weight is 264 g/mol. The molecule has 0 fully saturated rings. The minimum atomic E-state index is -0.410. The quantitative estimate of drug-likeness (QED) is 0.767. The van der Waals surface area contributed by atoms with Crippen LogP contribution in [0, 0.1) is 5.92 Å². The first-order valence-corrected chi connectivity index (χ1v) is 6.69. The number of fused-ring (bicyclic) bond motifs is 1. The number of hydrogen-bond acceptors (Lipinski definition) is 4. The standard InChI is InChI=1S/C15H20O4/c1-4-17-15(10(2)3)14(16)11-5-6-12-13(9-11)19-8-7-18-12/h5-6,9-10,15H,4,7-8H2,1-3H3. The van der Waals surface area contributed by atoms with Gasteiger partial charge in [-0.2, -0.15) is 0 Å². The minimum absolute atomic E-state index is 0.00572. The third-order valence-electron chi connectivity index (χ3n) is 3.04. The molecule has 1 heterocycles. The van der Waals surface area contributed by atoms with Crippen molar-refractivity contribution < 1.29 is 19.0 Å². The van der Waals surface area contributed by atoms with Crippen LogP contribution in [0.5, 0.6) is 11.5 Å². The Morgan fingerprint density at radius 3 is 2.58 bits per heavy atom. The number of benzene rings is 1. The highest BCUT2D eigenvalue weighted by Gasteiger charge is 2.25. The van der Waals surface area contributed by atoms with E-state index in [-0.39, 0.29) is 11.7 Å². The van der Waals surface area contributed by atoms with E-state index in [1.54, 1.807) is 18.2 Å². The van der Waals surface area contributed by atoms with Crippen molar-refractivity contribution in [2.45, 2.75) is 26.9 Å². The molecule has 0 radical (unpaired) electrons. The summed E-state index contributed by atoms with van der Waals surface area (Å²) in [5, 5.41) is 0. The van der Waals surface area contributed by atoms with Crippen LogP contribution in [-0.4, -0.2) is 31.7 Å². The molecule has 19 heavy (non-hydrogen) atoms. The normalized spacial score (nSPS) is 15.4. The molecule has 1 aromatic rings. The molecule has 1 aliphatic rings. The summed E-state index contributed by atoms with van der Waals surface area (Å²) in [6.45, 7) is 7.45. The van der Waals surface area contributed by atoms with Gasteiger partial charge in [0.2, 0.25) is 0 Å². The number of ketones is 1. The Morgan fingerprint density at radius 1 is 1.26 bits per heavy atom. The Hall–Kier alpha value is -1.55. The molecule has 0 amide bonds. The molecule has 104 valence electrons. The first-order chi connectivity index (χ1) is 9.13. The lowest BCUT2D eigenvalue weighted by atomic mass is 9.97. The largest absolute Gasteiger partial charge is 0.486 e. The van der Waals surface area contributed by atoms with Gasteiger partial charge in [0.05, 0.1) is 0 Å². The smallest absolute Gasteiger partial charge is 0.191 e. The van der Waals surface area contributed by atoms with Gasteiger partial charge in [-0.25, -0.2) is 0 Å². The maximum absolute atomic E-state index is 12.4. The van der Waals surface area contributed by atoms with Gasteiger partial charge < -0.3 is 14.2 Å². The number of carbonyl (C=O) groups is 1. The van der Waals surface area contributed by atoms with Crippen molar-refractivity contribution in [3.05, 3.63) is 23.8 Å². The van der Waals surface area contributed by atoms with E-state index >= 15 is 0 Å². The molecule has 0 bridgehead atoms. The Bertz CT molecular complexity index is 453. The number of hydrogen-bond donors (Lipinski definition) is 0. The highest BCUT2D eigenvalue weighted by molar-refractivity contribution is 6.00. The lowest BCUT2D eigenvalue weighted by molar-refractivity contribution is 0.0279. The molecular formula is C15H20O4. The number of rotatable bonds is 5. The van der Waals surface area contributed by atoms with Crippen molar-refractivity contribution in [2.75, 3.05) is 19.8 Å². The zero-order valence-corrected chi connectivity index (χ0v) is 11.6. The van der Waals surface area contributed by atoms with Gasteiger partial charge in [0, 0.05) is 12.2 Å². The molecule has 0 N–H and O–H groups in total. The molecule has 1 aliphatic heterocycles. The number of carbonyl (C=O) groups excluding carboxylic acids is 1. The van der Waals surface area contributed by atoms with Crippen molar-refractivity contribution in [2.24, 2.45) is 5.92 Å². The lowest BCUT2D eigenvalue weighted by Gasteiger charge is -2.22. The van der Waals surface area contributed by atoms with Gasteiger partial charge in [-0.3, -0.25) is 4.79 Å². The third-order valence-corrected chi connectivity index (χ3v) is 3.04. The third kappa shape index (κ3) is 3.07. The molecular weight excluding hydrogens is 244 g/mol. The van der Waals surface area contributed by atoms with Crippen LogP contribution in [-0.2, 0) is 4.74 Å². The SMILES string of the molecule is CCOC(C(=O)c1ccc2c(c1)OCCO2)C(C)C. The molecule has 0 aromatic heterocycles. The Kier molecular flexibility index (Phi) is 4.43. The summed E-state index contributed by atoms with van der Waals surface area (Å²) in [4.78, 5) is 12.4. The predicted octanol–water partition coefficient (Wildman–Crippen LogP) is 2.70. The lowest BCUT2D eigenvalue weighted by Crippen LogP contribution is -2.30. The van der Waals surface area contributed by atoms with E-state index in [2.05, 4.69) is 0 Å². The zero-order valence-electron chi connectivity index (χ0n) is 11.6. The molecule has 0 saturated carbocycles. The maximum atomic E-state index is 12.4. The fourth-order valence-corrected chi connectivity index (χ4v) is 2.11. The second-order valence-electron chi connectivity index (χ2n) is 4.84. The van der Waals surface area contributed by atoms with Gasteiger partial charge in [-0.1, -0.05) is 13.8 Å². The van der Waals surface area contributed by atoms with E-state index in [4.69, 9.17) is 14.2 Å². The predicted molar refractivity (Wildman–Crippen MR) is 72.0 cm³/mol. The van der Waals surface area contributed by atoms with E-state index in [0.717, 1.165) is 0 Å². The summed E-state index contributed by atoms with van der Waals surface area (Å²) < 4.78 is 16.5. The first kappa shape index (κ1) is 13.9. The van der Waals surface area contributed by atoms with Crippen molar-refractivity contribution in [3.63, 3.8) is 0 Å². The average Bonchev–Trinajstić information content (AvgIpc) is 2.43. The summed E-state index contributed by atoms with van der Waals surface area (Å²) in [6, 6.07) is 5.29. The van der Waals surface area contributed by atoms with Crippen LogP contribution >= 0.6 is 0 Å². The van der Waals surface area contributed by atoms with E-state index < -0.39 is 6.10 Å². The van der Waals surface area contributed by atoms with Gasteiger partial charge in [-0.15, -0.1) is 0 Å². The summed E-state index contributed by atoms with van der Waals surface area (Å²) in [5.41, 5.74) is 0.608. The van der Waals surface area contributed by atoms with Gasteiger partial charge >= 0.3 is 0 Å². The summed E-state index contributed by atoms with van der Waals surface area (Å²) in [6.07, 6.45) is -0.410. The topological polar surface area (TPSA) is 44.8 Å². The second kappa shape index (κ2) is 6.06. The van der Waals surface area contributed by atoms with Crippen LogP contribution in [0.2, 0.25) is 0 Å². The summed E-state index contributed by atoms with van der Waals surface area (Å²) >= 11 is 0. The molecule has 0 aliphatic carbocycles. The Morgan fingerprint density at radius 2 is 1.95 bits per heavy atom. The van der Waals surface area contributed by atoms with Crippen molar-refractivity contribution in [1.82, 2.24) is 0 Å². The fourth-order valence-electron chi connectivity index (χ4n) is 2.11. The van der Waals surface area contributed by atoms with E-state index in [1.165, 1.54) is 0 Å². The van der Waals surface area contributed by atoms with E-state index in [1.807, 2.05) is 20.8 Å². The summed E-state index contributed by atoms with van der Waals surface area (Å²) in [7, 11) is 0. The van der Waals surface area contributed by atoms with Crippen molar-refractivity contribution in [3.8, 4) is 11.5 Å². The van der Waals surface area contributed by atoms with Crippen LogP contribution in [0.15, 0.2) is 18.2 Å². The zero-order chi connectivity index (χ0) is 13.8. The van der Waals surface area contributed by atoms with Crippen LogP contribution in [0.4, 0.5) is 0 Å². The Labute approximate surface area is 113 Å². The van der Waals surface area contributed by atoms with E-state index in [0.29, 0.717) is 36.9 Å². The van der Waals surface area contributed by atoms with Gasteiger partial charge in [0.1, 0.15) is 19.3 Å². The van der Waals surface area contributed by atoms with Crippen LogP contribution in [0.3, 0.4) is 0 Å². The highest BCUT2D eigenvalue weighted by Crippen LogP contribution is 2.31. The molecule has 4 nitrogen and oxygen atoms in total. The molecule has 1 atom stereocenters. The maximum Gasteiger partial charge on any atom is 0.191 e. The van der Waals surface area contributed by atoms with Crippen LogP contribution in [0.1, 0.15) is 31.1 Å². The molecule has 1 unspecified atom stereocenters.